The molecule has 3 nitrogen and oxygen atoms in total. The molecule has 0 fully saturated rings. The summed E-state index contributed by atoms with van der Waals surface area (Å²) < 4.78 is 57.1. The minimum absolute atomic E-state index is 0.0816. The van der Waals surface area contributed by atoms with Crippen molar-refractivity contribution in [2.24, 2.45) is 4.40 Å². The SMILES string of the molecule is CC(C)(C)S(=O)/N=C(/c1c(-c2ccccc2)[nH]c2ccccc12)C(F)(F)F. The standard InChI is InChI=1S/C20H19F3N2OS/c1-19(2,3)27(26)25-18(20(21,22)23)16-14-11-7-8-12-15(14)24-17(16)13-9-5-4-6-10-13/h4-12,24H,1-3H3/b25-18-. The van der Waals surface area contributed by atoms with Crippen molar-refractivity contribution in [2.45, 2.75) is 31.7 Å². The summed E-state index contributed by atoms with van der Waals surface area (Å²) in [7, 11) is -2.05. The summed E-state index contributed by atoms with van der Waals surface area (Å²) in [6.45, 7) is 4.77. The third-order valence-corrected chi connectivity index (χ3v) is 5.37. The predicted octanol–water partition coefficient (Wildman–Crippen LogP) is 5.65. The molecule has 1 unspecified atom stereocenters. The first-order chi connectivity index (χ1) is 12.6. The van der Waals surface area contributed by atoms with Crippen molar-refractivity contribution in [3.63, 3.8) is 0 Å². The molecular formula is C20H19F3N2OS. The molecule has 1 atom stereocenters. The van der Waals surface area contributed by atoms with Gasteiger partial charge in [-0.1, -0.05) is 48.5 Å². The van der Waals surface area contributed by atoms with Gasteiger partial charge in [-0.15, -0.1) is 0 Å². The number of hydrogen-bond donors (Lipinski definition) is 1. The lowest BCUT2D eigenvalue weighted by molar-refractivity contribution is -0.0577. The van der Waals surface area contributed by atoms with Crippen LogP contribution >= 0.6 is 0 Å². The zero-order valence-electron chi connectivity index (χ0n) is 15.1. The lowest BCUT2D eigenvalue weighted by atomic mass is 10.0. The molecule has 1 aromatic heterocycles. The first-order valence-electron chi connectivity index (χ1n) is 8.33. The summed E-state index contributed by atoms with van der Waals surface area (Å²) in [5.74, 6) is 0. The average molecular weight is 392 g/mol. The number of fused-ring (bicyclic) bond motifs is 1. The lowest BCUT2D eigenvalue weighted by Crippen LogP contribution is -2.28. The number of rotatable bonds is 3. The molecule has 0 amide bonds. The zero-order valence-corrected chi connectivity index (χ0v) is 15.9. The van der Waals surface area contributed by atoms with Gasteiger partial charge < -0.3 is 4.98 Å². The molecule has 0 saturated heterocycles. The number of H-pyrrole nitrogens is 1. The van der Waals surface area contributed by atoms with Gasteiger partial charge in [0.25, 0.3) is 0 Å². The first-order valence-corrected chi connectivity index (χ1v) is 9.44. The molecular weight excluding hydrogens is 373 g/mol. The second kappa shape index (κ2) is 6.96. The maximum absolute atomic E-state index is 14.0. The minimum atomic E-state index is -4.75. The van der Waals surface area contributed by atoms with E-state index in [-0.39, 0.29) is 5.56 Å². The van der Waals surface area contributed by atoms with Crippen LogP contribution in [0.1, 0.15) is 26.3 Å². The Morgan fingerprint density at radius 3 is 2.15 bits per heavy atom. The van der Waals surface area contributed by atoms with E-state index in [4.69, 9.17) is 0 Å². The highest BCUT2D eigenvalue weighted by molar-refractivity contribution is 7.85. The molecule has 2 aromatic carbocycles. The van der Waals surface area contributed by atoms with Crippen LogP contribution in [0.2, 0.25) is 0 Å². The normalized spacial score (nSPS) is 14.5. The molecule has 0 spiro atoms. The number of nitrogens with zero attached hydrogens (tertiary/aromatic N) is 1. The van der Waals surface area contributed by atoms with Crippen LogP contribution in [0.5, 0.6) is 0 Å². The van der Waals surface area contributed by atoms with E-state index in [1.165, 1.54) is 0 Å². The molecule has 0 radical (unpaired) electrons. The Bertz CT molecular complexity index is 1020. The maximum Gasteiger partial charge on any atom is 0.434 e. The number of halogens is 3. The maximum atomic E-state index is 14.0. The largest absolute Gasteiger partial charge is 0.434 e. The number of para-hydroxylation sites is 1. The smallest absolute Gasteiger partial charge is 0.354 e. The number of nitrogens with one attached hydrogen (secondary N) is 1. The molecule has 3 aromatic rings. The van der Waals surface area contributed by atoms with Gasteiger partial charge in [0.1, 0.15) is 11.0 Å². The summed E-state index contributed by atoms with van der Waals surface area (Å²) in [4.78, 5) is 3.07. The van der Waals surface area contributed by atoms with Crippen molar-refractivity contribution in [2.75, 3.05) is 0 Å². The molecule has 142 valence electrons. The minimum Gasteiger partial charge on any atom is -0.354 e. The van der Waals surface area contributed by atoms with Crippen molar-refractivity contribution >= 4 is 27.6 Å². The highest BCUT2D eigenvalue weighted by atomic mass is 32.2. The van der Waals surface area contributed by atoms with Crippen LogP contribution in [0.15, 0.2) is 59.0 Å². The van der Waals surface area contributed by atoms with Crippen molar-refractivity contribution in [1.29, 1.82) is 0 Å². The fourth-order valence-electron chi connectivity index (χ4n) is 2.67. The lowest BCUT2D eigenvalue weighted by Gasteiger charge is -2.17. The van der Waals surface area contributed by atoms with Gasteiger partial charge in [-0.3, -0.25) is 0 Å². The highest BCUT2D eigenvalue weighted by Gasteiger charge is 2.41. The van der Waals surface area contributed by atoms with E-state index >= 15 is 0 Å². The van der Waals surface area contributed by atoms with Crippen molar-refractivity contribution in [3.8, 4) is 11.3 Å². The van der Waals surface area contributed by atoms with Crippen molar-refractivity contribution in [3.05, 3.63) is 60.2 Å². The fourth-order valence-corrected chi connectivity index (χ4v) is 3.30. The number of alkyl halides is 3. The summed E-state index contributed by atoms with van der Waals surface area (Å²) in [5.41, 5.74) is 0.250. The van der Waals surface area contributed by atoms with Crippen LogP contribution in [0.4, 0.5) is 13.2 Å². The van der Waals surface area contributed by atoms with Gasteiger partial charge in [-0.2, -0.15) is 17.6 Å². The van der Waals surface area contributed by atoms with Crippen molar-refractivity contribution in [1.82, 2.24) is 4.98 Å². The Labute approximate surface area is 157 Å². The monoisotopic (exact) mass is 392 g/mol. The van der Waals surface area contributed by atoms with E-state index in [0.29, 0.717) is 22.2 Å². The van der Waals surface area contributed by atoms with E-state index < -0.39 is 27.6 Å². The van der Waals surface area contributed by atoms with Crippen LogP contribution in [-0.2, 0) is 11.0 Å². The van der Waals surface area contributed by atoms with E-state index in [9.17, 15) is 17.4 Å². The van der Waals surface area contributed by atoms with Gasteiger partial charge in [0.05, 0.1) is 10.4 Å². The van der Waals surface area contributed by atoms with E-state index in [2.05, 4.69) is 9.38 Å². The molecule has 1 N–H and O–H groups in total. The van der Waals surface area contributed by atoms with Crippen molar-refractivity contribution < 1.29 is 17.4 Å². The molecule has 27 heavy (non-hydrogen) atoms. The van der Waals surface area contributed by atoms with Crippen LogP contribution in [0, 0.1) is 0 Å². The third-order valence-electron chi connectivity index (χ3n) is 3.97. The molecule has 3 rings (SSSR count). The summed E-state index contributed by atoms with van der Waals surface area (Å²) in [6, 6.07) is 15.5. The van der Waals surface area contributed by atoms with E-state index in [1.807, 2.05) is 0 Å². The number of hydrogen-bond acceptors (Lipinski definition) is 1. The van der Waals surface area contributed by atoms with Gasteiger partial charge in [0.2, 0.25) is 0 Å². The Hall–Kier alpha value is -2.41. The number of aromatic amines is 1. The van der Waals surface area contributed by atoms with Crippen LogP contribution < -0.4 is 0 Å². The fraction of sp³-hybridized carbons (Fsp3) is 0.250. The molecule has 0 aliphatic heterocycles. The zero-order chi connectivity index (χ0) is 19.8. The Balaban J connectivity index is 2.35. The average Bonchev–Trinajstić information content (AvgIpc) is 2.97. The van der Waals surface area contributed by atoms with Gasteiger partial charge in [-0.25, -0.2) is 4.21 Å². The summed E-state index contributed by atoms with van der Waals surface area (Å²) in [6.07, 6.45) is -4.75. The number of aromatic nitrogens is 1. The molecule has 0 aliphatic rings. The molecule has 0 bridgehead atoms. The highest BCUT2D eigenvalue weighted by Crippen LogP contribution is 2.36. The first kappa shape index (κ1) is 19.4. The Morgan fingerprint density at radius 1 is 0.963 bits per heavy atom. The Morgan fingerprint density at radius 2 is 1.56 bits per heavy atom. The predicted molar refractivity (Wildman–Crippen MR) is 104 cm³/mol. The molecule has 0 saturated carbocycles. The molecule has 7 heteroatoms. The summed E-state index contributed by atoms with van der Waals surface area (Å²) in [5, 5.41) is 0.387. The quantitative estimate of drug-likeness (QED) is 0.575. The van der Waals surface area contributed by atoms with Crippen LogP contribution in [-0.4, -0.2) is 25.8 Å². The molecule has 1 heterocycles. The molecule has 0 aliphatic carbocycles. The summed E-state index contributed by atoms with van der Waals surface area (Å²) >= 11 is 0. The van der Waals surface area contributed by atoms with E-state index in [0.717, 1.165) is 0 Å². The third kappa shape index (κ3) is 3.98. The second-order valence-electron chi connectivity index (χ2n) is 7.09. The van der Waals surface area contributed by atoms with Gasteiger partial charge in [0, 0.05) is 16.5 Å². The Kier molecular flexibility index (Phi) is 4.99. The van der Waals surface area contributed by atoms with Crippen LogP contribution in [0.3, 0.4) is 0 Å². The van der Waals surface area contributed by atoms with Gasteiger partial charge >= 0.3 is 6.18 Å². The van der Waals surface area contributed by atoms with Crippen LogP contribution in [0.25, 0.3) is 22.2 Å². The number of benzene rings is 2. The second-order valence-corrected chi connectivity index (χ2v) is 8.99. The van der Waals surface area contributed by atoms with Gasteiger partial charge in [0.15, 0.2) is 5.71 Å². The van der Waals surface area contributed by atoms with E-state index in [1.54, 1.807) is 75.4 Å². The topological polar surface area (TPSA) is 45.2 Å². The van der Waals surface area contributed by atoms with Gasteiger partial charge in [-0.05, 0) is 32.4 Å².